The van der Waals surface area contributed by atoms with Crippen molar-refractivity contribution in [1.82, 2.24) is 0 Å². The summed E-state index contributed by atoms with van der Waals surface area (Å²) < 4.78 is 0. The molecule has 0 spiro atoms. The van der Waals surface area contributed by atoms with Gasteiger partial charge in [0.1, 0.15) is 12.4 Å². The fourth-order valence-electron chi connectivity index (χ4n) is 4.29. The third-order valence-corrected chi connectivity index (χ3v) is 5.41. The predicted molar refractivity (Wildman–Crippen MR) is 111 cm³/mol. The Bertz CT molecular complexity index is 849. The second-order valence-corrected chi connectivity index (χ2v) is 7.36. The highest BCUT2D eigenvalue weighted by Gasteiger charge is 2.33. The Kier molecular flexibility index (Phi) is 7.17. The Hall–Kier alpha value is -2.43. The van der Waals surface area contributed by atoms with Crippen LogP contribution in [0.1, 0.15) is 85.0 Å². The Morgan fingerprint density at radius 3 is 2.36 bits per heavy atom. The maximum atomic E-state index is 12.9. The molecular weight excluding hydrogens is 354 g/mol. The lowest BCUT2D eigenvalue weighted by molar-refractivity contribution is -0.116. The number of carbonyl (C=O) groups is 2. The first-order chi connectivity index (χ1) is 13.3. The third kappa shape index (κ3) is 4.18. The number of nitrogens with zero attached hydrogens (tertiary/aromatic N) is 1. The molecule has 0 saturated heterocycles. The average Bonchev–Trinajstić information content (AvgIpc) is 2.63. The molecule has 5 nitrogen and oxygen atoms in total. The van der Waals surface area contributed by atoms with Gasteiger partial charge in [0.2, 0.25) is 0 Å². The van der Waals surface area contributed by atoms with E-state index in [-0.39, 0.29) is 29.7 Å². The number of benzene rings is 1. The van der Waals surface area contributed by atoms with E-state index >= 15 is 0 Å². The van der Waals surface area contributed by atoms with Crippen molar-refractivity contribution in [2.75, 3.05) is 6.61 Å². The van der Waals surface area contributed by atoms with E-state index in [1.807, 2.05) is 47.6 Å². The van der Waals surface area contributed by atoms with Gasteiger partial charge in [-0.05, 0) is 62.3 Å². The molecule has 0 amide bonds. The minimum Gasteiger partial charge on any atom is -0.511 e. The largest absolute Gasteiger partial charge is 0.511 e. The van der Waals surface area contributed by atoms with Gasteiger partial charge >= 0.3 is 0 Å². The molecule has 1 aliphatic rings. The molecule has 0 radical (unpaired) electrons. The first-order valence-electron chi connectivity index (χ1n) is 10.0. The normalized spacial score (nSPS) is 17.9. The molecule has 0 saturated carbocycles. The highest BCUT2D eigenvalue weighted by atomic mass is 16.6. The lowest BCUT2D eigenvalue weighted by atomic mass is 9.76. The fourth-order valence-corrected chi connectivity index (χ4v) is 4.29. The van der Waals surface area contributed by atoms with Crippen LogP contribution in [0.15, 0.2) is 22.6 Å². The van der Waals surface area contributed by atoms with Crippen molar-refractivity contribution >= 4 is 17.3 Å². The predicted octanol–water partition coefficient (Wildman–Crippen LogP) is 5.27. The number of aliphatic hydroxyl groups excluding tert-OH is 1. The van der Waals surface area contributed by atoms with Gasteiger partial charge in [0.15, 0.2) is 11.6 Å². The standard InChI is InChI=1S/C23H31NO4/c1-7-17(24-28-9-3)23-19(26)11-16(12-20(23)27)21-13(4)10-14(5)22(15(21)6)18(25)8-2/h10,16,26H,7-9,11-12H2,1-6H3/b24-17-. The quantitative estimate of drug-likeness (QED) is 0.394. The third-order valence-electron chi connectivity index (χ3n) is 5.41. The SMILES string of the molecule is CCO/N=C(/CC)C1=C(O)CC(c2c(C)cc(C)c(C(=O)CC)c2C)CC1=O. The molecule has 1 aromatic rings. The van der Waals surface area contributed by atoms with E-state index < -0.39 is 0 Å². The molecule has 0 aromatic heterocycles. The Balaban J connectivity index is 2.51. The van der Waals surface area contributed by atoms with E-state index in [0.29, 0.717) is 37.2 Å². The van der Waals surface area contributed by atoms with Crippen LogP contribution in [0.25, 0.3) is 0 Å². The zero-order chi connectivity index (χ0) is 21.0. The van der Waals surface area contributed by atoms with Crippen molar-refractivity contribution in [1.29, 1.82) is 0 Å². The number of carbonyl (C=O) groups excluding carboxylic acids is 2. The van der Waals surface area contributed by atoms with Gasteiger partial charge in [-0.3, -0.25) is 9.59 Å². The van der Waals surface area contributed by atoms with Crippen molar-refractivity contribution in [2.45, 2.75) is 73.1 Å². The second kappa shape index (κ2) is 9.18. The van der Waals surface area contributed by atoms with Crippen LogP contribution in [0.5, 0.6) is 0 Å². The van der Waals surface area contributed by atoms with Crippen LogP contribution in [-0.4, -0.2) is 29.0 Å². The van der Waals surface area contributed by atoms with Gasteiger partial charge in [0.05, 0.1) is 11.3 Å². The summed E-state index contributed by atoms with van der Waals surface area (Å²) in [5, 5.41) is 14.7. The molecule has 1 aliphatic carbocycles. The van der Waals surface area contributed by atoms with Gasteiger partial charge < -0.3 is 9.94 Å². The molecule has 0 aliphatic heterocycles. The van der Waals surface area contributed by atoms with Crippen LogP contribution in [0, 0.1) is 20.8 Å². The lowest BCUT2D eigenvalue weighted by Gasteiger charge is -2.28. The van der Waals surface area contributed by atoms with E-state index in [2.05, 4.69) is 5.16 Å². The van der Waals surface area contributed by atoms with Crippen LogP contribution >= 0.6 is 0 Å². The highest BCUT2D eigenvalue weighted by Crippen LogP contribution is 2.39. The molecule has 1 aromatic carbocycles. The van der Waals surface area contributed by atoms with E-state index in [9.17, 15) is 14.7 Å². The molecule has 0 fully saturated rings. The molecule has 5 heteroatoms. The topological polar surface area (TPSA) is 76.0 Å². The summed E-state index contributed by atoms with van der Waals surface area (Å²) in [4.78, 5) is 30.5. The average molecular weight is 386 g/mol. The maximum absolute atomic E-state index is 12.9. The van der Waals surface area contributed by atoms with Crippen molar-refractivity contribution in [2.24, 2.45) is 5.16 Å². The molecule has 152 valence electrons. The Labute approximate surface area is 167 Å². The van der Waals surface area contributed by atoms with Crippen LogP contribution in [-0.2, 0) is 9.63 Å². The Morgan fingerprint density at radius 2 is 1.82 bits per heavy atom. The van der Waals surface area contributed by atoms with Gasteiger partial charge in [0, 0.05) is 24.8 Å². The van der Waals surface area contributed by atoms with Crippen LogP contribution in [0.3, 0.4) is 0 Å². The number of oxime groups is 1. The number of aryl methyl sites for hydroxylation is 2. The smallest absolute Gasteiger partial charge is 0.168 e. The molecule has 28 heavy (non-hydrogen) atoms. The van der Waals surface area contributed by atoms with Crippen LogP contribution in [0.4, 0.5) is 0 Å². The Morgan fingerprint density at radius 1 is 1.14 bits per heavy atom. The van der Waals surface area contributed by atoms with Crippen molar-refractivity contribution < 1.29 is 19.5 Å². The zero-order valence-corrected chi connectivity index (χ0v) is 17.8. The van der Waals surface area contributed by atoms with E-state index in [1.165, 1.54) is 0 Å². The molecule has 1 atom stereocenters. The molecular formula is C23H31NO4. The molecule has 1 N–H and O–H groups in total. The minimum atomic E-state index is -0.148. The summed E-state index contributed by atoms with van der Waals surface area (Å²) >= 11 is 0. The minimum absolute atomic E-state index is 0.0595. The van der Waals surface area contributed by atoms with Crippen LogP contribution in [0.2, 0.25) is 0 Å². The number of rotatable bonds is 7. The van der Waals surface area contributed by atoms with Gasteiger partial charge in [-0.25, -0.2) is 0 Å². The summed E-state index contributed by atoms with van der Waals surface area (Å²) in [7, 11) is 0. The maximum Gasteiger partial charge on any atom is 0.168 e. The molecule has 0 bridgehead atoms. The van der Waals surface area contributed by atoms with E-state index in [4.69, 9.17) is 4.84 Å². The van der Waals surface area contributed by atoms with E-state index in [1.54, 1.807) is 0 Å². The van der Waals surface area contributed by atoms with Gasteiger partial charge in [-0.2, -0.15) is 0 Å². The first-order valence-corrected chi connectivity index (χ1v) is 10.0. The molecule has 0 heterocycles. The van der Waals surface area contributed by atoms with Crippen LogP contribution < -0.4 is 0 Å². The summed E-state index contributed by atoms with van der Waals surface area (Å²) in [5.41, 5.74) is 5.47. The number of hydrogen-bond donors (Lipinski definition) is 1. The van der Waals surface area contributed by atoms with Gasteiger partial charge in [0.25, 0.3) is 0 Å². The summed E-state index contributed by atoms with van der Waals surface area (Å²) in [6, 6.07) is 2.01. The summed E-state index contributed by atoms with van der Waals surface area (Å²) in [6.07, 6.45) is 1.59. The first kappa shape index (κ1) is 21.9. The summed E-state index contributed by atoms with van der Waals surface area (Å²) in [5.74, 6) is -0.109. The molecule has 1 unspecified atom stereocenters. The fraction of sp³-hybridized carbons (Fsp3) is 0.522. The van der Waals surface area contributed by atoms with Crippen molar-refractivity contribution in [3.8, 4) is 0 Å². The highest BCUT2D eigenvalue weighted by molar-refractivity contribution is 6.23. The second-order valence-electron chi connectivity index (χ2n) is 7.36. The van der Waals surface area contributed by atoms with E-state index in [0.717, 1.165) is 27.8 Å². The lowest BCUT2D eigenvalue weighted by Crippen LogP contribution is -2.25. The monoisotopic (exact) mass is 385 g/mol. The van der Waals surface area contributed by atoms with Gasteiger partial charge in [-0.1, -0.05) is 25.1 Å². The number of aliphatic hydroxyl groups is 1. The van der Waals surface area contributed by atoms with Gasteiger partial charge in [-0.15, -0.1) is 0 Å². The number of hydrogen-bond acceptors (Lipinski definition) is 5. The van der Waals surface area contributed by atoms with Crippen molar-refractivity contribution in [3.05, 3.63) is 45.2 Å². The zero-order valence-electron chi connectivity index (χ0n) is 17.8. The number of Topliss-reactive ketones (excluding diaryl/α,β-unsaturated/α-hetero) is 2. The van der Waals surface area contributed by atoms with Crippen molar-refractivity contribution in [3.63, 3.8) is 0 Å². The molecule has 2 rings (SSSR count). The number of ketones is 2. The number of allylic oxidation sites excluding steroid dienone is 2. The summed E-state index contributed by atoms with van der Waals surface area (Å²) in [6.45, 7) is 11.9.